The summed E-state index contributed by atoms with van der Waals surface area (Å²) in [6.45, 7) is 2.16. The van der Waals surface area contributed by atoms with Crippen LogP contribution in [-0.2, 0) is 19.0 Å². The van der Waals surface area contributed by atoms with Gasteiger partial charge in [0.25, 0.3) is 10.1 Å². The van der Waals surface area contributed by atoms with Crippen LogP contribution in [0, 0.1) is 11.8 Å². The van der Waals surface area contributed by atoms with E-state index in [1.807, 2.05) is 0 Å². The van der Waals surface area contributed by atoms with Gasteiger partial charge in [-0.05, 0) is 37.5 Å². The van der Waals surface area contributed by atoms with Crippen molar-refractivity contribution in [3.05, 3.63) is 0 Å². The van der Waals surface area contributed by atoms with Gasteiger partial charge in [0.15, 0.2) is 5.79 Å². The molecule has 4 aliphatic rings. The van der Waals surface area contributed by atoms with E-state index in [2.05, 4.69) is 6.92 Å². The van der Waals surface area contributed by atoms with Crippen LogP contribution < -0.4 is 0 Å². The molecular weight excluding hydrogens is 252 g/mol. The van der Waals surface area contributed by atoms with E-state index in [4.69, 9.17) is 8.92 Å². The van der Waals surface area contributed by atoms with Crippen molar-refractivity contribution in [2.24, 2.45) is 11.8 Å². The van der Waals surface area contributed by atoms with Crippen LogP contribution in [0.25, 0.3) is 0 Å². The Kier molecular flexibility index (Phi) is 2.81. The summed E-state index contributed by atoms with van der Waals surface area (Å²) in [5.41, 5.74) is -0.108. The molecule has 0 radical (unpaired) electrons. The van der Waals surface area contributed by atoms with Crippen molar-refractivity contribution in [2.45, 2.75) is 63.3 Å². The molecule has 2 saturated heterocycles. The second kappa shape index (κ2) is 3.93. The average molecular weight is 274 g/mol. The summed E-state index contributed by atoms with van der Waals surface area (Å²) in [4.78, 5) is 0. The van der Waals surface area contributed by atoms with E-state index < -0.39 is 15.9 Å². The topological polar surface area (TPSA) is 52.6 Å². The Labute approximate surface area is 109 Å². The van der Waals surface area contributed by atoms with Crippen LogP contribution >= 0.6 is 0 Å². The van der Waals surface area contributed by atoms with Crippen LogP contribution in [0.5, 0.6) is 0 Å². The van der Waals surface area contributed by atoms with Crippen molar-refractivity contribution in [1.29, 1.82) is 0 Å². The third-order valence-electron chi connectivity index (χ3n) is 4.60. The van der Waals surface area contributed by atoms with Crippen molar-refractivity contribution in [3.63, 3.8) is 0 Å². The third kappa shape index (κ3) is 2.21. The van der Waals surface area contributed by atoms with Gasteiger partial charge in [-0.3, -0.25) is 0 Å². The minimum absolute atomic E-state index is 0.108. The molecule has 0 aromatic rings. The summed E-state index contributed by atoms with van der Waals surface area (Å²) in [7, 11) is -3.45. The zero-order valence-electron chi connectivity index (χ0n) is 11.1. The van der Waals surface area contributed by atoms with Crippen molar-refractivity contribution in [1.82, 2.24) is 0 Å². The predicted molar refractivity (Wildman–Crippen MR) is 67.4 cm³/mol. The minimum atomic E-state index is -3.45. The maximum Gasteiger partial charge on any atom is 0.267 e. The Morgan fingerprint density at radius 3 is 2.33 bits per heavy atom. The fourth-order valence-electron chi connectivity index (χ4n) is 4.68. The van der Waals surface area contributed by atoms with E-state index in [1.54, 1.807) is 0 Å². The van der Waals surface area contributed by atoms with Crippen molar-refractivity contribution >= 4 is 10.1 Å². The lowest BCUT2D eigenvalue weighted by Gasteiger charge is -2.60. The summed E-state index contributed by atoms with van der Waals surface area (Å²) >= 11 is 0. The Bertz CT molecular complexity index is 428. The summed E-state index contributed by atoms with van der Waals surface area (Å²) in [6, 6.07) is 0. The van der Waals surface area contributed by atoms with Crippen molar-refractivity contribution in [2.75, 3.05) is 6.26 Å². The smallest absolute Gasteiger partial charge is 0.267 e. The highest BCUT2D eigenvalue weighted by molar-refractivity contribution is 7.86. The fraction of sp³-hybridized carbons (Fsp3) is 1.00. The van der Waals surface area contributed by atoms with Crippen LogP contribution in [0.2, 0.25) is 0 Å². The lowest BCUT2D eigenvalue weighted by molar-refractivity contribution is -0.343. The van der Waals surface area contributed by atoms with Gasteiger partial charge in [0.1, 0.15) is 0 Å². The lowest BCUT2D eigenvalue weighted by Crippen LogP contribution is -2.62. The fourth-order valence-corrected chi connectivity index (χ4v) is 5.40. The number of ether oxygens (including phenoxy) is 1. The second-order valence-corrected chi connectivity index (χ2v) is 8.09. The van der Waals surface area contributed by atoms with E-state index in [9.17, 15) is 8.42 Å². The molecule has 18 heavy (non-hydrogen) atoms. The first kappa shape index (κ1) is 12.9. The third-order valence-corrected chi connectivity index (χ3v) is 5.21. The van der Waals surface area contributed by atoms with Gasteiger partial charge in [0.05, 0.1) is 11.9 Å². The highest BCUT2D eigenvalue weighted by atomic mass is 32.2. The maximum atomic E-state index is 11.5. The first-order chi connectivity index (χ1) is 8.34. The molecule has 4 nitrogen and oxygen atoms in total. The molecule has 0 aromatic carbocycles. The molecule has 104 valence electrons. The van der Waals surface area contributed by atoms with Crippen LogP contribution in [0.15, 0.2) is 0 Å². The molecule has 0 aromatic heterocycles. The predicted octanol–water partition coefficient (Wildman–Crippen LogP) is 2.44. The first-order valence-electron chi connectivity index (χ1n) is 6.94. The molecule has 2 aliphatic carbocycles. The summed E-state index contributed by atoms with van der Waals surface area (Å²) in [5.74, 6) is 0.325. The zero-order chi connectivity index (χ0) is 13.0. The van der Waals surface area contributed by atoms with E-state index in [0.717, 1.165) is 44.8 Å². The van der Waals surface area contributed by atoms with E-state index in [1.165, 1.54) is 6.42 Å². The Morgan fingerprint density at radius 2 is 1.83 bits per heavy atom. The van der Waals surface area contributed by atoms with Gasteiger partial charge in [-0.25, -0.2) is 4.18 Å². The van der Waals surface area contributed by atoms with Gasteiger partial charge in [-0.15, -0.1) is 0 Å². The van der Waals surface area contributed by atoms with Crippen LogP contribution in [-0.4, -0.2) is 26.1 Å². The minimum Gasteiger partial charge on any atom is -0.342 e. The summed E-state index contributed by atoms with van der Waals surface area (Å²) in [6.07, 6.45) is 8.14. The van der Waals surface area contributed by atoms with Crippen molar-refractivity contribution in [3.8, 4) is 0 Å². The highest BCUT2D eigenvalue weighted by Crippen LogP contribution is 2.59. The van der Waals surface area contributed by atoms with Crippen LogP contribution in [0.1, 0.15) is 51.9 Å². The zero-order valence-corrected chi connectivity index (χ0v) is 12.0. The molecule has 0 N–H and O–H groups in total. The SMILES string of the molecule is CCCC12CC3CC(C1)CC(OS(C)(=O)=O)(C3)O2. The maximum absolute atomic E-state index is 11.5. The van der Waals surface area contributed by atoms with Crippen LogP contribution in [0.4, 0.5) is 0 Å². The molecule has 2 unspecified atom stereocenters. The number of rotatable bonds is 4. The van der Waals surface area contributed by atoms with Gasteiger partial charge in [-0.1, -0.05) is 13.3 Å². The molecule has 0 spiro atoms. The molecule has 2 atom stereocenters. The largest absolute Gasteiger partial charge is 0.342 e. The summed E-state index contributed by atoms with van der Waals surface area (Å²) < 4.78 is 34.5. The second-order valence-electron chi connectivity index (χ2n) is 6.52. The Hall–Kier alpha value is -0.130. The normalized spacial score (nSPS) is 46.6. The van der Waals surface area contributed by atoms with E-state index in [0.29, 0.717) is 11.8 Å². The number of hydrogen-bond acceptors (Lipinski definition) is 4. The molecule has 2 saturated carbocycles. The summed E-state index contributed by atoms with van der Waals surface area (Å²) in [5, 5.41) is 0. The van der Waals surface area contributed by atoms with Gasteiger partial charge in [0, 0.05) is 12.8 Å². The van der Waals surface area contributed by atoms with Crippen molar-refractivity contribution < 1.29 is 17.3 Å². The average Bonchev–Trinajstić information content (AvgIpc) is 2.09. The van der Waals surface area contributed by atoms with E-state index in [-0.39, 0.29) is 5.60 Å². The van der Waals surface area contributed by atoms with Crippen LogP contribution in [0.3, 0.4) is 0 Å². The molecule has 2 heterocycles. The van der Waals surface area contributed by atoms with Gasteiger partial charge in [-0.2, -0.15) is 8.42 Å². The molecule has 4 fully saturated rings. The molecule has 4 rings (SSSR count). The molecule has 5 heteroatoms. The number of hydrogen-bond donors (Lipinski definition) is 0. The molecule has 0 amide bonds. The molecular formula is C13H22O4S. The highest BCUT2D eigenvalue weighted by Gasteiger charge is 2.60. The van der Waals surface area contributed by atoms with Gasteiger partial charge in [0.2, 0.25) is 0 Å². The van der Waals surface area contributed by atoms with E-state index >= 15 is 0 Å². The molecule has 2 aliphatic heterocycles. The standard InChI is InChI=1S/C13H22O4S/c1-3-4-12-6-10-5-11(7-12)9-13(8-10,16-12)17-18(2,14)15/h10-11H,3-9H2,1-2H3. The van der Waals surface area contributed by atoms with Gasteiger partial charge >= 0.3 is 0 Å². The lowest BCUT2D eigenvalue weighted by atomic mass is 9.60. The Morgan fingerprint density at radius 1 is 1.22 bits per heavy atom. The van der Waals surface area contributed by atoms with Gasteiger partial charge < -0.3 is 4.74 Å². The first-order valence-corrected chi connectivity index (χ1v) is 8.76. The Balaban J connectivity index is 1.89. The molecule has 4 bridgehead atoms. The quantitative estimate of drug-likeness (QED) is 0.739. The monoisotopic (exact) mass is 274 g/mol.